The van der Waals surface area contributed by atoms with Gasteiger partial charge in [-0.25, -0.2) is 14.9 Å². The monoisotopic (exact) mass is 275 g/mol. The van der Waals surface area contributed by atoms with Gasteiger partial charge in [0.05, 0.1) is 5.56 Å². The summed E-state index contributed by atoms with van der Waals surface area (Å²) in [5, 5.41) is 16.6. The summed E-state index contributed by atoms with van der Waals surface area (Å²) in [6, 6.07) is 3.92. The van der Waals surface area contributed by atoms with Crippen LogP contribution in [0.15, 0.2) is 27.2 Å². The first-order valence-corrected chi connectivity index (χ1v) is 6.67. The molecule has 0 aliphatic rings. The highest BCUT2D eigenvalue weighted by atomic mass is 32.2. The first-order valence-electron chi connectivity index (χ1n) is 5.86. The van der Waals surface area contributed by atoms with Gasteiger partial charge < -0.3 is 0 Å². The average molecular weight is 275 g/mol. The van der Waals surface area contributed by atoms with Crippen molar-refractivity contribution in [3.8, 4) is 6.07 Å². The van der Waals surface area contributed by atoms with E-state index in [1.165, 1.54) is 11.8 Å². The quantitative estimate of drug-likeness (QED) is 0.917. The highest BCUT2D eigenvalue weighted by molar-refractivity contribution is 7.99. The molecule has 2 aromatic heterocycles. The Morgan fingerprint density at radius 1 is 1.58 bits per heavy atom. The van der Waals surface area contributed by atoms with Crippen LogP contribution in [0.3, 0.4) is 0 Å². The summed E-state index contributed by atoms with van der Waals surface area (Å²) in [4.78, 5) is 15.8. The Kier molecular flexibility index (Phi) is 4.02. The van der Waals surface area contributed by atoms with E-state index < -0.39 is 0 Å². The van der Waals surface area contributed by atoms with Gasteiger partial charge in [-0.3, -0.25) is 4.57 Å². The second kappa shape index (κ2) is 5.71. The number of aromatic amines is 1. The van der Waals surface area contributed by atoms with Gasteiger partial charge in [0.1, 0.15) is 11.1 Å². The highest BCUT2D eigenvalue weighted by Gasteiger charge is 2.14. The van der Waals surface area contributed by atoms with Crippen molar-refractivity contribution in [1.82, 2.24) is 19.7 Å². The van der Waals surface area contributed by atoms with Crippen LogP contribution in [-0.2, 0) is 6.54 Å². The van der Waals surface area contributed by atoms with Gasteiger partial charge in [-0.05, 0) is 36.7 Å². The molecule has 0 amide bonds. The van der Waals surface area contributed by atoms with Crippen molar-refractivity contribution >= 4 is 11.8 Å². The Morgan fingerprint density at radius 2 is 2.37 bits per heavy atom. The lowest BCUT2D eigenvalue weighted by Gasteiger charge is -2.05. The molecule has 1 N–H and O–H groups in total. The Morgan fingerprint density at radius 3 is 3.05 bits per heavy atom. The topological polar surface area (TPSA) is 87.4 Å². The number of pyridine rings is 1. The zero-order chi connectivity index (χ0) is 13.8. The van der Waals surface area contributed by atoms with Crippen LogP contribution in [0.25, 0.3) is 0 Å². The number of H-pyrrole nitrogens is 1. The van der Waals surface area contributed by atoms with Crippen molar-refractivity contribution in [3.05, 3.63) is 33.9 Å². The fourth-order valence-corrected chi connectivity index (χ4v) is 2.61. The van der Waals surface area contributed by atoms with Crippen LogP contribution in [0.1, 0.15) is 24.5 Å². The zero-order valence-electron chi connectivity index (χ0n) is 10.7. The van der Waals surface area contributed by atoms with Crippen molar-refractivity contribution < 1.29 is 0 Å². The molecule has 2 heterocycles. The molecule has 0 unspecified atom stereocenters. The molecule has 0 radical (unpaired) electrons. The molecule has 19 heavy (non-hydrogen) atoms. The molecule has 0 fully saturated rings. The number of aromatic nitrogens is 4. The molecular formula is C12H13N5OS. The Bertz CT molecular complexity index is 682. The summed E-state index contributed by atoms with van der Waals surface area (Å²) in [6.07, 6.45) is 2.48. The standard InChI is InChI=1S/C12H13N5OS/c1-3-6-17-11(18)15-16-12(17)19-10-9(7-13)8(2)4-5-14-10/h4-5H,3,6H2,1-2H3,(H,15,18). The van der Waals surface area contributed by atoms with Gasteiger partial charge in [0.2, 0.25) is 0 Å². The second-order valence-corrected chi connectivity index (χ2v) is 4.94. The number of nitriles is 1. The maximum absolute atomic E-state index is 11.6. The largest absolute Gasteiger partial charge is 0.343 e. The predicted octanol–water partition coefficient (Wildman–Crippen LogP) is 1.71. The van der Waals surface area contributed by atoms with Crippen molar-refractivity contribution in [2.75, 3.05) is 0 Å². The van der Waals surface area contributed by atoms with Crippen molar-refractivity contribution in [2.24, 2.45) is 0 Å². The molecule has 2 aromatic rings. The van der Waals surface area contributed by atoms with Crippen LogP contribution in [-0.4, -0.2) is 19.7 Å². The first kappa shape index (κ1) is 13.4. The van der Waals surface area contributed by atoms with Gasteiger partial charge >= 0.3 is 5.69 Å². The summed E-state index contributed by atoms with van der Waals surface area (Å²) in [5.41, 5.74) is 1.14. The second-order valence-electron chi connectivity index (χ2n) is 3.98. The molecule has 98 valence electrons. The van der Waals surface area contributed by atoms with Gasteiger partial charge in [0.15, 0.2) is 5.16 Å². The number of hydrogen-bond donors (Lipinski definition) is 1. The first-order chi connectivity index (χ1) is 9.17. The molecule has 2 rings (SSSR count). The van der Waals surface area contributed by atoms with Crippen LogP contribution in [0.5, 0.6) is 0 Å². The molecule has 0 bridgehead atoms. The van der Waals surface area contributed by atoms with Gasteiger partial charge in [0, 0.05) is 12.7 Å². The van der Waals surface area contributed by atoms with E-state index in [1.54, 1.807) is 16.8 Å². The molecule has 7 heteroatoms. The van der Waals surface area contributed by atoms with E-state index in [0.29, 0.717) is 22.3 Å². The van der Waals surface area contributed by atoms with Crippen LogP contribution < -0.4 is 5.69 Å². The molecule has 0 aromatic carbocycles. The van der Waals surface area contributed by atoms with Crippen LogP contribution in [0.4, 0.5) is 0 Å². The molecule has 0 atom stereocenters. The lowest BCUT2D eigenvalue weighted by Crippen LogP contribution is -2.17. The van der Waals surface area contributed by atoms with E-state index in [1.807, 2.05) is 13.8 Å². The third-order valence-electron chi connectivity index (χ3n) is 2.59. The third kappa shape index (κ3) is 2.69. The molecule has 0 aliphatic heterocycles. The molecule has 0 saturated carbocycles. The fraction of sp³-hybridized carbons (Fsp3) is 0.333. The fourth-order valence-electron chi connectivity index (χ4n) is 1.64. The van der Waals surface area contributed by atoms with Gasteiger partial charge in [0.25, 0.3) is 0 Å². The lowest BCUT2D eigenvalue weighted by atomic mass is 10.2. The molecule has 0 saturated heterocycles. The summed E-state index contributed by atoms with van der Waals surface area (Å²) >= 11 is 1.23. The van der Waals surface area contributed by atoms with Crippen molar-refractivity contribution in [3.63, 3.8) is 0 Å². The predicted molar refractivity (Wildman–Crippen MR) is 71.0 cm³/mol. The molecule has 6 nitrogen and oxygen atoms in total. The van der Waals surface area contributed by atoms with Gasteiger partial charge in [-0.2, -0.15) is 5.26 Å². The summed E-state index contributed by atoms with van der Waals surface area (Å²) in [6.45, 7) is 4.43. The summed E-state index contributed by atoms with van der Waals surface area (Å²) < 4.78 is 1.55. The maximum atomic E-state index is 11.6. The minimum atomic E-state index is -0.240. The number of rotatable bonds is 4. The van der Waals surface area contributed by atoms with E-state index in [2.05, 4.69) is 21.3 Å². The van der Waals surface area contributed by atoms with E-state index in [0.717, 1.165) is 12.0 Å². The maximum Gasteiger partial charge on any atom is 0.343 e. The molecule has 0 spiro atoms. The third-order valence-corrected chi connectivity index (χ3v) is 3.59. The van der Waals surface area contributed by atoms with E-state index in [-0.39, 0.29) is 5.69 Å². The van der Waals surface area contributed by atoms with Crippen LogP contribution >= 0.6 is 11.8 Å². The Balaban J connectivity index is 2.40. The minimum Gasteiger partial charge on any atom is -0.270 e. The lowest BCUT2D eigenvalue weighted by molar-refractivity contribution is 0.603. The van der Waals surface area contributed by atoms with Gasteiger partial charge in [-0.1, -0.05) is 6.92 Å². The van der Waals surface area contributed by atoms with Crippen molar-refractivity contribution in [1.29, 1.82) is 5.26 Å². The number of nitrogens with one attached hydrogen (secondary N) is 1. The zero-order valence-corrected chi connectivity index (χ0v) is 11.5. The number of aryl methyl sites for hydroxylation is 1. The van der Waals surface area contributed by atoms with E-state index >= 15 is 0 Å². The SMILES string of the molecule is CCCn1c(Sc2nccc(C)c2C#N)n[nH]c1=O. The van der Waals surface area contributed by atoms with E-state index in [4.69, 9.17) is 5.26 Å². The molecular weight excluding hydrogens is 262 g/mol. The number of nitrogens with zero attached hydrogens (tertiary/aromatic N) is 4. The number of hydrogen-bond acceptors (Lipinski definition) is 5. The van der Waals surface area contributed by atoms with Crippen molar-refractivity contribution in [2.45, 2.75) is 37.0 Å². The average Bonchev–Trinajstić information content (AvgIpc) is 2.72. The Labute approximate surface area is 114 Å². The van der Waals surface area contributed by atoms with Crippen LogP contribution in [0, 0.1) is 18.3 Å². The Hall–Kier alpha value is -2.07. The summed E-state index contributed by atoms with van der Waals surface area (Å²) in [7, 11) is 0. The normalized spacial score (nSPS) is 10.4. The van der Waals surface area contributed by atoms with E-state index in [9.17, 15) is 4.79 Å². The minimum absolute atomic E-state index is 0.240. The summed E-state index contributed by atoms with van der Waals surface area (Å²) in [5.74, 6) is 0. The van der Waals surface area contributed by atoms with Crippen LogP contribution in [0.2, 0.25) is 0 Å². The smallest absolute Gasteiger partial charge is 0.270 e. The molecule has 0 aliphatic carbocycles. The highest BCUT2D eigenvalue weighted by Crippen LogP contribution is 2.27. The van der Waals surface area contributed by atoms with Gasteiger partial charge in [-0.15, -0.1) is 5.10 Å².